The molecule has 4 heteroatoms. The second-order valence-electron chi connectivity index (χ2n) is 8.78. The number of piperidine rings is 2. The lowest BCUT2D eigenvalue weighted by Gasteiger charge is -2.44. The largest absolute Gasteiger partial charge is 0.384 e. The topological polar surface area (TPSA) is 32.3 Å². The van der Waals surface area contributed by atoms with E-state index in [4.69, 9.17) is 0 Å². The molecule has 29 heavy (non-hydrogen) atoms. The Morgan fingerprint density at radius 1 is 1.07 bits per heavy atom. The molecule has 2 atom stereocenters. The SMILES string of the molecule is Cc1ccc(NCC[C@@H]2CCCN3CCCC[C@H]23)c2c(=O)c3ccccc3sc12. The van der Waals surface area contributed by atoms with Gasteiger partial charge in [0.1, 0.15) is 0 Å². The monoisotopic (exact) mass is 406 g/mol. The van der Waals surface area contributed by atoms with Gasteiger partial charge in [-0.3, -0.25) is 4.79 Å². The van der Waals surface area contributed by atoms with Crippen LogP contribution in [-0.2, 0) is 0 Å². The molecule has 2 aromatic carbocycles. The molecule has 152 valence electrons. The number of nitrogens with zero attached hydrogens (tertiary/aromatic N) is 1. The van der Waals surface area contributed by atoms with Crippen LogP contribution >= 0.6 is 11.3 Å². The van der Waals surface area contributed by atoms with Crippen LogP contribution in [0.3, 0.4) is 0 Å². The first-order valence-electron chi connectivity index (χ1n) is 11.2. The predicted octanol–water partition coefficient (Wildman–Crippen LogP) is 5.79. The van der Waals surface area contributed by atoms with Gasteiger partial charge >= 0.3 is 0 Å². The van der Waals surface area contributed by atoms with Crippen LogP contribution in [0.1, 0.15) is 44.1 Å². The Morgan fingerprint density at radius 3 is 2.86 bits per heavy atom. The molecule has 3 aromatic rings. The van der Waals surface area contributed by atoms with Crippen LogP contribution in [-0.4, -0.2) is 30.6 Å². The van der Waals surface area contributed by atoms with Crippen LogP contribution < -0.4 is 10.7 Å². The lowest BCUT2D eigenvalue weighted by molar-refractivity contribution is 0.0573. The van der Waals surface area contributed by atoms with E-state index in [1.165, 1.54) is 57.2 Å². The zero-order valence-corrected chi connectivity index (χ0v) is 18.1. The molecule has 1 N–H and O–H groups in total. The fourth-order valence-corrected chi connectivity index (χ4v) is 6.66. The zero-order valence-electron chi connectivity index (χ0n) is 17.2. The van der Waals surface area contributed by atoms with E-state index in [1.54, 1.807) is 11.3 Å². The highest BCUT2D eigenvalue weighted by molar-refractivity contribution is 7.24. The number of rotatable bonds is 4. The van der Waals surface area contributed by atoms with E-state index in [2.05, 4.69) is 35.3 Å². The Hall–Kier alpha value is -1.91. The molecule has 0 amide bonds. The highest BCUT2D eigenvalue weighted by atomic mass is 32.1. The quantitative estimate of drug-likeness (QED) is 0.557. The summed E-state index contributed by atoms with van der Waals surface area (Å²) in [6.45, 7) is 5.65. The number of anilines is 1. The van der Waals surface area contributed by atoms with Crippen molar-refractivity contribution in [2.45, 2.75) is 51.5 Å². The molecule has 3 heterocycles. The molecule has 2 aliphatic heterocycles. The maximum Gasteiger partial charge on any atom is 0.197 e. The van der Waals surface area contributed by atoms with Crippen molar-refractivity contribution in [1.29, 1.82) is 0 Å². The van der Waals surface area contributed by atoms with Crippen molar-refractivity contribution in [3.63, 3.8) is 0 Å². The molecule has 0 aliphatic carbocycles. The molecule has 0 bridgehead atoms. The predicted molar refractivity (Wildman–Crippen MR) is 125 cm³/mol. The summed E-state index contributed by atoms with van der Waals surface area (Å²) in [6, 6.07) is 13.0. The number of nitrogens with one attached hydrogen (secondary N) is 1. The van der Waals surface area contributed by atoms with E-state index < -0.39 is 0 Å². The van der Waals surface area contributed by atoms with Crippen molar-refractivity contribution in [2.24, 2.45) is 5.92 Å². The summed E-state index contributed by atoms with van der Waals surface area (Å²) in [5.41, 5.74) is 2.36. The van der Waals surface area contributed by atoms with Gasteiger partial charge in [-0.25, -0.2) is 0 Å². The molecule has 3 nitrogen and oxygen atoms in total. The van der Waals surface area contributed by atoms with Crippen molar-refractivity contribution >= 4 is 37.2 Å². The molecular weight excluding hydrogens is 376 g/mol. The standard InChI is InChI=1S/C25H30N2OS/c1-17-11-12-20(23-24(28)19-8-2-3-10-22(19)29-25(17)23)26-14-13-18-7-6-16-27-15-5-4-9-21(18)27/h2-3,8,10-12,18,21,26H,4-7,9,13-16H2,1H3/t18-,21+/m0/s1. The van der Waals surface area contributed by atoms with E-state index in [-0.39, 0.29) is 5.43 Å². The maximum absolute atomic E-state index is 13.3. The maximum atomic E-state index is 13.3. The Morgan fingerprint density at radius 2 is 1.93 bits per heavy atom. The van der Waals surface area contributed by atoms with Gasteiger partial charge in [0.15, 0.2) is 5.43 Å². The average molecular weight is 407 g/mol. The summed E-state index contributed by atoms with van der Waals surface area (Å²) in [4.78, 5) is 16.0. The van der Waals surface area contributed by atoms with E-state index in [0.29, 0.717) is 0 Å². The molecule has 0 radical (unpaired) electrons. The van der Waals surface area contributed by atoms with Crippen molar-refractivity contribution in [3.8, 4) is 0 Å². The molecular formula is C25H30N2OS. The van der Waals surface area contributed by atoms with Gasteiger partial charge in [-0.15, -0.1) is 11.3 Å². The number of hydrogen-bond donors (Lipinski definition) is 1. The minimum Gasteiger partial charge on any atom is -0.384 e. The fraction of sp³-hybridized carbons (Fsp3) is 0.480. The molecule has 2 aliphatic rings. The van der Waals surface area contributed by atoms with Gasteiger partial charge in [-0.05, 0) is 81.8 Å². The van der Waals surface area contributed by atoms with Crippen LogP contribution in [0, 0.1) is 12.8 Å². The van der Waals surface area contributed by atoms with E-state index in [9.17, 15) is 4.79 Å². The van der Waals surface area contributed by atoms with Crippen LogP contribution in [0.15, 0.2) is 41.2 Å². The average Bonchev–Trinajstić information content (AvgIpc) is 2.76. The third-order valence-corrected chi connectivity index (χ3v) is 8.29. The first kappa shape index (κ1) is 19.1. The fourth-order valence-electron chi connectivity index (χ4n) is 5.49. The first-order valence-corrected chi connectivity index (χ1v) is 12.0. The highest BCUT2D eigenvalue weighted by Gasteiger charge is 2.32. The van der Waals surface area contributed by atoms with Crippen molar-refractivity contribution < 1.29 is 0 Å². The van der Waals surface area contributed by atoms with Gasteiger partial charge < -0.3 is 10.2 Å². The van der Waals surface area contributed by atoms with Gasteiger partial charge in [0.05, 0.1) is 5.39 Å². The Balaban J connectivity index is 1.40. The second-order valence-corrected chi connectivity index (χ2v) is 9.83. The third-order valence-electron chi connectivity index (χ3n) is 6.98. The van der Waals surface area contributed by atoms with Gasteiger partial charge in [0.2, 0.25) is 0 Å². The number of hydrogen-bond acceptors (Lipinski definition) is 4. The Labute approximate surface area is 176 Å². The van der Waals surface area contributed by atoms with Crippen molar-refractivity contribution in [2.75, 3.05) is 25.0 Å². The van der Waals surface area contributed by atoms with E-state index >= 15 is 0 Å². The molecule has 2 fully saturated rings. The minimum absolute atomic E-state index is 0.164. The van der Waals surface area contributed by atoms with Gasteiger partial charge in [0.25, 0.3) is 0 Å². The second kappa shape index (κ2) is 8.08. The number of benzene rings is 2. The molecule has 0 unspecified atom stereocenters. The Bertz CT molecular complexity index is 1090. The number of fused-ring (bicyclic) bond motifs is 3. The summed E-state index contributed by atoms with van der Waals surface area (Å²) >= 11 is 1.74. The first-order chi connectivity index (χ1) is 14.2. The van der Waals surface area contributed by atoms with E-state index in [1.807, 2.05) is 18.2 Å². The normalized spacial score (nSPS) is 22.7. The molecule has 0 spiro atoms. The van der Waals surface area contributed by atoms with Crippen LogP contribution in [0.2, 0.25) is 0 Å². The molecule has 0 saturated carbocycles. The third kappa shape index (κ3) is 3.57. The summed E-state index contributed by atoms with van der Waals surface area (Å²) < 4.78 is 2.19. The summed E-state index contributed by atoms with van der Waals surface area (Å²) in [6.07, 6.45) is 8.03. The van der Waals surface area contributed by atoms with Crippen molar-refractivity contribution in [1.82, 2.24) is 4.90 Å². The van der Waals surface area contributed by atoms with Crippen LogP contribution in [0.25, 0.3) is 20.2 Å². The number of aryl methyl sites for hydroxylation is 1. The smallest absolute Gasteiger partial charge is 0.197 e. The lowest BCUT2D eigenvalue weighted by Crippen LogP contribution is -2.48. The van der Waals surface area contributed by atoms with Gasteiger partial charge in [-0.2, -0.15) is 0 Å². The Kier molecular flexibility index (Phi) is 5.31. The summed E-state index contributed by atoms with van der Waals surface area (Å²) in [5, 5.41) is 5.36. The van der Waals surface area contributed by atoms with Crippen molar-refractivity contribution in [3.05, 3.63) is 52.2 Å². The van der Waals surface area contributed by atoms with Gasteiger partial charge in [0, 0.05) is 33.1 Å². The summed E-state index contributed by atoms with van der Waals surface area (Å²) in [7, 11) is 0. The minimum atomic E-state index is 0.164. The lowest BCUT2D eigenvalue weighted by atomic mass is 9.81. The summed E-state index contributed by atoms with van der Waals surface area (Å²) in [5.74, 6) is 0.795. The highest BCUT2D eigenvalue weighted by Crippen LogP contribution is 2.34. The van der Waals surface area contributed by atoms with Gasteiger partial charge in [-0.1, -0.05) is 24.6 Å². The molecule has 5 rings (SSSR count). The van der Waals surface area contributed by atoms with E-state index in [0.717, 1.165) is 44.4 Å². The van der Waals surface area contributed by atoms with Crippen LogP contribution in [0.5, 0.6) is 0 Å². The van der Waals surface area contributed by atoms with Crippen LogP contribution in [0.4, 0.5) is 5.69 Å². The molecule has 2 saturated heterocycles. The zero-order chi connectivity index (χ0) is 19.8. The molecule has 1 aromatic heterocycles.